The van der Waals surface area contributed by atoms with Crippen LogP contribution in [0.15, 0.2) is 48.5 Å². The van der Waals surface area contributed by atoms with Gasteiger partial charge >= 0.3 is 0 Å². The van der Waals surface area contributed by atoms with E-state index in [-0.39, 0.29) is 5.82 Å². The maximum absolute atomic E-state index is 12.8. The Balaban J connectivity index is 1.84. The van der Waals surface area contributed by atoms with Gasteiger partial charge in [0.15, 0.2) is 5.11 Å². The first-order chi connectivity index (χ1) is 9.67. The maximum Gasteiger partial charge on any atom is 0.171 e. The molecule has 2 aromatic carbocycles. The standard InChI is InChI=1S/C16H17FN2S/c1-2-12-5-9-15(10-6-12)19-16(20)18-11-13-3-7-14(17)8-4-13/h3-10H,2,11H2,1H3,(H2,18,19,20). The summed E-state index contributed by atoms with van der Waals surface area (Å²) in [6, 6.07) is 14.5. The van der Waals surface area contributed by atoms with E-state index >= 15 is 0 Å². The lowest BCUT2D eigenvalue weighted by atomic mass is 10.1. The summed E-state index contributed by atoms with van der Waals surface area (Å²) in [5.74, 6) is -0.231. The van der Waals surface area contributed by atoms with E-state index in [4.69, 9.17) is 12.2 Å². The Morgan fingerprint density at radius 1 is 1.00 bits per heavy atom. The lowest BCUT2D eigenvalue weighted by Gasteiger charge is -2.11. The summed E-state index contributed by atoms with van der Waals surface area (Å²) in [7, 11) is 0. The van der Waals surface area contributed by atoms with Crippen LogP contribution in [0.25, 0.3) is 0 Å². The molecule has 0 bridgehead atoms. The molecule has 0 saturated carbocycles. The van der Waals surface area contributed by atoms with Crippen LogP contribution in [0.4, 0.5) is 10.1 Å². The van der Waals surface area contributed by atoms with Gasteiger partial charge in [-0.15, -0.1) is 0 Å². The first-order valence-corrected chi connectivity index (χ1v) is 6.96. The third-order valence-corrected chi connectivity index (χ3v) is 3.23. The molecule has 0 aliphatic carbocycles. The van der Waals surface area contributed by atoms with Gasteiger partial charge in [0.1, 0.15) is 5.82 Å². The van der Waals surface area contributed by atoms with Crippen LogP contribution in [0.1, 0.15) is 18.1 Å². The van der Waals surface area contributed by atoms with E-state index in [1.165, 1.54) is 17.7 Å². The van der Waals surface area contributed by atoms with E-state index in [2.05, 4.69) is 29.7 Å². The van der Waals surface area contributed by atoms with Crippen molar-refractivity contribution in [2.24, 2.45) is 0 Å². The third-order valence-electron chi connectivity index (χ3n) is 2.99. The largest absolute Gasteiger partial charge is 0.358 e. The number of rotatable bonds is 4. The highest BCUT2D eigenvalue weighted by Gasteiger charge is 1.99. The van der Waals surface area contributed by atoms with Gasteiger partial charge in [-0.05, 0) is 54.0 Å². The van der Waals surface area contributed by atoms with Crippen LogP contribution in [0.5, 0.6) is 0 Å². The van der Waals surface area contributed by atoms with Gasteiger partial charge in [-0.25, -0.2) is 4.39 Å². The third kappa shape index (κ3) is 4.31. The van der Waals surface area contributed by atoms with Crippen LogP contribution in [0.2, 0.25) is 0 Å². The topological polar surface area (TPSA) is 24.1 Å². The van der Waals surface area contributed by atoms with Crippen LogP contribution in [0.3, 0.4) is 0 Å². The Labute approximate surface area is 124 Å². The summed E-state index contributed by atoms with van der Waals surface area (Å²) < 4.78 is 12.8. The van der Waals surface area contributed by atoms with E-state index in [1.807, 2.05) is 12.1 Å². The average molecular weight is 288 g/mol. The molecule has 0 amide bonds. The van der Waals surface area contributed by atoms with Gasteiger partial charge in [-0.1, -0.05) is 31.2 Å². The predicted molar refractivity (Wildman–Crippen MR) is 85.3 cm³/mol. The minimum atomic E-state index is -0.231. The molecule has 0 atom stereocenters. The van der Waals surface area contributed by atoms with E-state index < -0.39 is 0 Å². The van der Waals surface area contributed by atoms with Crippen LogP contribution < -0.4 is 10.6 Å². The second kappa shape index (κ2) is 7.01. The molecule has 0 aromatic heterocycles. The molecular weight excluding hydrogens is 271 g/mol. The number of benzene rings is 2. The zero-order valence-corrected chi connectivity index (χ0v) is 12.1. The zero-order valence-electron chi connectivity index (χ0n) is 11.3. The highest BCUT2D eigenvalue weighted by molar-refractivity contribution is 7.80. The molecule has 0 unspecified atom stereocenters. The molecular formula is C16H17FN2S. The number of thiocarbonyl (C=S) groups is 1. The first kappa shape index (κ1) is 14.5. The monoisotopic (exact) mass is 288 g/mol. The second-order valence-corrected chi connectivity index (χ2v) is 4.89. The molecule has 2 aromatic rings. The summed E-state index contributed by atoms with van der Waals surface area (Å²) in [6.45, 7) is 2.69. The molecule has 0 heterocycles. The van der Waals surface area contributed by atoms with Gasteiger partial charge in [0.05, 0.1) is 0 Å². The van der Waals surface area contributed by atoms with Gasteiger partial charge in [-0.2, -0.15) is 0 Å². The summed E-state index contributed by atoms with van der Waals surface area (Å²) in [4.78, 5) is 0. The van der Waals surface area contributed by atoms with Crippen LogP contribution in [0, 0.1) is 5.82 Å². The van der Waals surface area contributed by atoms with Crippen molar-refractivity contribution >= 4 is 23.0 Å². The first-order valence-electron chi connectivity index (χ1n) is 6.55. The van der Waals surface area contributed by atoms with Crippen molar-refractivity contribution in [3.63, 3.8) is 0 Å². The number of hydrogen-bond acceptors (Lipinski definition) is 1. The minimum Gasteiger partial charge on any atom is -0.358 e. The summed E-state index contributed by atoms with van der Waals surface area (Å²) >= 11 is 5.23. The van der Waals surface area contributed by atoms with Crippen molar-refractivity contribution in [3.05, 3.63) is 65.5 Å². The minimum absolute atomic E-state index is 0.231. The van der Waals surface area contributed by atoms with Crippen LogP contribution >= 0.6 is 12.2 Å². The molecule has 20 heavy (non-hydrogen) atoms. The number of anilines is 1. The number of nitrogens with one attached hydrogen (secondary N) is 2. The molecule has 0 aliphatic heterocycles. The Hall–Kier alpha value is -1.94. The molecule has 4 heteroatoms. The number of halogens is 1. The smallest absolute Gasteiger partial charge is 0.171 e. The molecule has 0 radical (unpaired) electrons. The Morgan fingerprint density at radius 2 is 1.60 bits per heavy atom. The lowest BCUT2D eigenvalue weighted by molar-refractivity contribution is 0.627. The normalized spacial score (nSPS) is 10.1. The van der Waals surface area contributed by atoms with Gasteiger partial charge in [-0.3, -0.25) is 0 Å². The highest BCUT2D eigenvalue weighted by Crippen LogP contribution is 2.10. The molecule has 0 fully saturated rings. The molecule has 0 saturated heterocycles. The van der Waals surface area contributed by atoms with Crippen molar-refractivity contribution < 1.29 is 4.39 Å². The summed E-state index contributed by atoms with van der Waals surface area (Å²) in [5.41, 5.74) is 3.23. The van der Waals surface area contributed by atoms with Crippen molar-refractivity contribution in [2.45, 2.75) is 19.9 Å². The van der Waals surface area contributed by atoms with Gasteiger partial charge in [0.25, 0.3) is 0 Å². The van der Waals surface area contributed by atoms with Crippen molar-refractivity contribution in [1.29, 1.82) is 0 Å². The second-order valence-electron chi connectivity index (χ2n) is 4.48. The van der Waals surface area contributed by atoms with E-state index in [1.54, 1.807) is 12.1 Å². The Kier molecular flexibility index (Phi) is 5.07. The summed E-state index contributed by atoms with van der Waals surface area (Å²) in [5, 5.41) is 6.77. The van der Waals surface area contributed by atoms with E-state index in [9.17, 15) is 4.39 Å². The van der Waals surface area contributed by atoms with Crippen molar-refractivity contribution in [1.82, 2.24) is 5.32 Å². The fourth-order valence-electron chi connectivity index (χ4n) is 1.78. The zero-order chi connectivity index (χ0) is 14.4. The van der Waals surface area contributed by atoms with E-state index in [0.717, 1.165) is 17.7 Å². The highest BCUT2D eigenvalue weighted by atomic mass is 32.1. The van der Waals surface area contributed by atoms with E-state index in [0.29, 0.717) is 11.7 Å². The molecule has 2 nitrogen and oxygen atoms in total. The molecule has 0 aliphatic rings. The molecule has 2 N–H and O–H groups in total. The Morgan fingerprint density at radius 3 is 2.20 bits per heavy atom. The SMILES string of the molecule is CCc1ccc(NC(=S)NCc2ccc(F)cc2)cc1. The molecule has 104 valence electrons. The predicted octanol–water partition coefficient (Wildman–Crippen LogP) is 3.87. The maximum atomic E-state index is 12.8. The quantitative estimate of drug-likeness (QED) is 0.835. The summed E-state index contributed by atoms with van der Waals surface area (Å²) in [6.07, 6.45) is 1.02. The fraction of sp³-hybridized carbons (Fsp3) is 0.188. The van der Waals surface area contributed by atoms with Crippen LogP contribution in [-0.2, 0) is 13.0 Å². The number of aryl methyl sites for hydroxylation is 1. The lowest BCUT2D eigenvalue weighted by Crippen LogP contribution is -2.27. The fourth-order valence-corrected chi connectivity index (χ4v) is 1.97. The van der Waals surface area contributed by atoms with Gasteiger partial charge in [0.2, 0.25) is 0 Å². The molecule has 2 rings (SSSR count). The van der Waals surface area contributed by atoms with Gasteiger partial charge in [0, 0.05) is 12.2 Å². The molecule has 0 spiro atoms. The average Bonchev–Trinajstić information content (AvgIpc) is 2.47. The van der Waals surface area contributed by atoms with Crippen LogP contribution in [-0.4, -0.2) is 5.11 Å². The number of hydrogen-bond donors (Lipinski definition) is 2. The van der Waals surface area contributed by atoms with Crippen molar-refractivity contribution in [3.8, 4) is 0 Å². The Bertz CT molecular complexity index is 564. The van der Waals surface area contributed by atoms with Crippen molar-refractivity contribution in [2.75, 3.05) is 5.32 Å². The van der Waals surface area contributed by atoms with Gasteiger partial charge < -0.3 is 10.6 Å².